The van der Waals surface area contributed by atoms with Gasteiger partial charge in [0.15, 0.2) is 11.4 Å². The van der Waals surface area contributed by atoms with E-state index in [2.05, 4.69) is 74.7 Å². The minimum Gasteiger partial charge on any atom is -0.504 e. The molecule has 0 saturated carbocycles. The van der Waals surface area contributed by atoms with Crippen molar-refractivity contribution in [3.8, 4) is 5.75 Å². The van der Waals surface area contributed by atoms with Gasteiger partial charge in [-0.25, -0.2) is 15.0 Å². The molecule has 9 aromatic rings. The normalized spacial score (nSPS) is 16.8. The van der Waals surface area contributed by atoms with E-state index in [1.165, 1.54) is 21.1 Å². The molecule has 16 nitrogen and oxygen atoms in total. The van der Waals surface area contributed by atoms with E-state index in [-0.39, 0.29) is 28.3 Å². The van der Waals surface area contributed by atoms with E-state index in [1.807, 2.05) is 120 Å². The predicted octanol–water partition coefficient (Wildman–Crippen LogP) is 10.2. The van der Waals surface area contributed by atoms with Crippen LogP contribution in [0.4, 0.5) is 0 Å². The summed E-state index contributed by atoms with van der Waals surface area (Å²) in [5, 5.41) is 42.4. The lowest BCUT2D eigenvalue weighted by atomic mass is 9.87. The van der Waals surface area contributed by atoms with Crippen molar-refractivity contribution < 1.29 is 20.4 Å². The van der Waals surface area contributed by atoms with Gasteiger partial charge in [0.05, 0.1) is 18.3 Å². The maximum absolute atomic E-state index is 13.0. The summed E-state index contributed by atoms with van der Waals surface area (Å²) in [5.74, 6) is 0.880. The van der Waals surface area contributed by atoms with Gasteiger partial charge < -0.3 is 35.1 Å². The van der Waals surface area contributed by atoms with Crippen LogP contribution in [0.1, 0.15) is 135 Å². The van der Waals surface area contributed by atoms with Gasteiger partial charge in [0.1, 0.15) is 11.3 Å². The lowest BCUT2D eigenvalue weighted by Gasteiger charge is -2.34. The van der Waals surface area contributed by atoms with Crippen molar-refractivity contribution in [3.05, 3.63) is 237 Å². The minimum absolute atomic E-state index is 0.0287. The molecule has 3 aliphatic rings. The molecule has 0 amide bonds. The van der Waals surface area contributed by atoms with Gasteiger partial charge in [-0.2, -0.15) is 0 Å². The molecule has 0 spiro atoms. The molecule has 16 heteroatoms. The number of aromatic nitrogens is 6. The molecule has 3 unspecified atom stereocenters. The Morgan fingerprint density at radius 2 is 0.756 bits per heavy atom. The zero-order valence-corrected chi connectivity index (χ0v) is 53.9. The maximum atomic E-state index is 13.0. The van der Waals surface area contributed by atoms with Crippen LogP contribution >= 0.6 is 0 Å². The van der Waals surface area contributed by atoms with E-state index in [0.717, 1.165) is 148 Å². The number of likely N-dealkylation sites (tertiary alicyclic amines) is 3. The third-order valence-corrected chi connectivity index (χ3v) is 19.2. The quantitative estimate of drug-likeness (QED) is 0.0758. The second kappa shape index (κ2) is 29.5. The van der Waals surface area contributed by atoms with Gasteiger partial charge in [0.25, 0.3) is 16.7 Å². The average molecular weight is 1220 g/mol. The second-order valence-corrected chi connectivity index (χ2v) is 25.8. The summed E-state index contributed by atoms with van der Waals surface area (Å²) in [7, 11) is 0. The van der Waals surface area contributed by atoms with Gasteiger partial charge in [-0.1, -0.05) is 102 Å². The summed E-state index contributed by atoms with van der Waals surface area (Å²) in [6.07, 6.45) is 12.0. The number of hydrogen-bond acceptors (Lipinski definition) is 13. The minimum atomic E-state index is -0.421. The van der Waals surface area contributed by atoms with E-state index < -0.39 is 18.3 Å². The number of hydrogen-bond donors (Lipinski definition) is 4. The van der Waals surface area contributed by atoms with Crippen molar-refractivity contribution >= 4 is 16.9 Å². The SMILES string of the molecule is Cc1ccc(C(O)C2CCN(CCc3c(C)nc4c(O)cc(C)cn4c3=O)CC2)cc1.Cc1ccc(C(O)C2CCN(CCc3c(C)nc4ccc(C)cn4c3=O)CC2)cc1.Cc1ccc(C(O)C2CCN(CCc3c(C)nc4ccccn4c3=O)CC2)cc1. The largest absolute Gasteiger partial charge is 0.504 e. The van der Waals surface area contributed by atoms with Crippen LogP contribution in [0.15, 0.2) is 142 Å². The maximum Gasteiger partial charge on any atom is 0.261 e. The van der Waals surface area contributed by atoms with E-state index >= 15 is 0 Å². The Bertz CT molecular complexity index is 4080. The summed E-state index contributed by atoms with van der Waals surface area (Å²) in [4.78, 5) is 59.6. The highest BCUT2D eigenvalue weighted by Crippen LogP contribution is 2.34. The molecule has 6 aromatic heterocycles. The fourth-order valence-corrected chi connectivity index (χ4v) is 13.4. The number of pyridine rings is 3. The van der Waals surface area contributed by atoms with E-state index in [0.29, 0.717) is 59.3 Å². The van der Waals surface area contributed by atoms with Crippen LogP contribution < -0.4 is 16.7 Å². The summed E-state index contributed by atoms with van der Waals surface area (Å²) < 4.78 is 4.76. The van der Waals surface area contributed by atoms with Gasteiger partial charge in [-0.05, 0) is 222 Å². The monoisotopic (exact) mass is 1220 g/mol. The van der Waals surface area contributed by atoms with Crippen LogP contribution in [0, 0.1) is 73.1 Å². The van der Waals surface area contributed by atoms with Crippen molar-refractivity contribution in [2.75, 3.05) is 58.9 Å². The summed E-state index contributed by atoms with van der Waals surface area (Å²) in [5.41, 5.74) is 14.8. The van der Waals surface area contributed by atoms with Gasteiger partial charge in [-0.15, -0.1) is 0 Å². The highest BCUT2D eigenvalue weighted by atomic mass is 16.3. The fourth-order valence-electron chi connectivity index (χ4n) is 13.4. The number of benzene rings is 3. The zero-order chi connectivity index (χ0) is 63.8. The molecule has 0 aliphatic carbocycles. The molecule has 0 radical (unpaired) electrons. The first-order valence-electron chi connectivity index (χ1n) is 32.4. The Morgan fingerprint density at radius 1 is 0.411 bits per heavy atom. The van der Waals surface area contributed by atoms with Gasteiger partial charge in [0, 0.05) is 72.0 Å². The second-order valence-electron chi connectivity index (χ2n) is 25.8. The molecular formula is C74H91N9O7. The van der Waals surface area contributed by atoms with Crippen molar-refractivity contribution in [3.63, 3.8) is 0 Å². The third kappa shape index (κ3) is 15.7. The van der Waals surface area contributed by atoms with E-state index in [4.69, 9.17) is 0 Å². The first-order valence-corrected chi connectivity index (χ1v) is 32.4. The molecule has 474 valence electrons. The molecule has 4 N–H and O–H groups in total. The van der Waals surface area contributed by atoms with Crippen molar-refractivity contribution in [1.82, 2.24) is 42.9 Å². The van der Waals surface area contributed by atoms with Crippen LogP contribution in [0.3, 0.4) is 0 Å². The number of aliphatic hydroxyl groups excluding tert-OH is 3. The van der Waals surface area contributed by atoms with Crippen LogP contribution in [0.5, 0.6) is 5.75 Å². The van der Waals surface area contributed by atoms with E-state index in [1.54, 1.807) is 27.3 Å². The number of aromatic hydroxyl groups is 1. The molecule has 3 saturated heterocycles. The van der Waals surface area contributed by atoms with Crippen molar-refractivity contribution in [2.24, 2.45) is 17.8 Å². The summed E-state index contributed by atoms with van der Waals surface area (Å²) in [6.45, 7) is 23.8. The van der Waals surface area contributed by atoms with Crippen molar-refractivity contribution in [2.45, 2.75) is 131 Å². The first-order chi connectivity index (χ1) is 43.3. The van der Waals surface area contributed by atoms with Crippen LogP contribution in [0.2, 0.25) is 0 Å². The number of aliphatic hydroxyl groups is 3. The predicted molar refractivity (Wildman–Crippen MR) is 357 cm³/mol. The number of nitrogens with zero attached hydrogens (tertiary/aromatic N) is 9. The Balaban J connectivity index is 0.000000149. The van der Waals surface area contributed by atoms with Crippen molar-refractivity contribution in [1.29, 1.82) is 0 Å². The first kappa shape index (κ1) is 65.3. The zero-order valence-electron chi connectivity index (χ0n) is 53.9. The number of aryl methyl sites for hydroxylation is 8. The number of fused-ring (bicyclic) bond motifs is 3. The molecule has 3 atom stereocenters. The highest BCUT2D eigenvalue weighted by molar-refractivity contribution is 5.55. The molecule has 0 bridgehead atoms. The topological polar surface area (TPSA) is 194 Å². The van der Waals surface area contributed by atoms with Gasteiger partial charge in [0.2, 0.25) is 0 Å². The Labute approximate surface area is 528 Å². The average Bonchev–Trinajstić information content (AvgIpc) is 1.44. The molecular weight excluding hydrogens is 1130 g/mol. The smallest absolute Gasteiger partial charge is 0.261 e. The van der Waals surface area contributed by atoms with E-state index in [9.17, 15) is 34.8 Å². The molecule has 3 aromatic carbocycles. The number of piperidine rings is 3. The molecule has 9 heterocycles. The van der Waals surface area contributed by atoms with Crippen LogP contribution in [-0.4, -0.2) is 122 Å². The Hall–Kier alpha value is -7.70. The summed E-state index contributed by atoms with van der Waals surface area (Å²) >= 11 is 0. The lowest BCUT2D eigenvalue weighted by molar-refractivity contribution is 0.0591. The Morgan fingerprint density at radius 3 is 1.17 bits per heavy atom. The lowest BCUT2D eigenvalue weighted by Crippen LogP contribution is -2.37. The molecule has 12 rings (SSSR count). The summed E-state index contributed by atoms with van der Waals surface area (Å²) in [6, 6.07) is 35.7. The van der Waals surface area contributed by atoms with Gasteiger partial charge in [-0.3, -0.25) is 27.6 Å². The fraction of sp³-hybridized carbons (Fsp3) is 0.432. The van der Waals surface area contributed by atoms with Crippen LogP contribution in [0.25, 0.3) is 16.9 Å². The highest BCUT2D eigenvalue weighted by Gasteiger charge is 2.30. The molecule has 90 heavy (non-hydrogen) atoms. The standard InChI is InChI=1S/C25H31N3O3.C25H31N3O2.C24H29N3O2/c1-16-4-6-19(7-5-16)23(30)20-8-11-27(12-9-20)13-10-21-18(3)26-24-22(29)14-17(2)15-28(24)25(21)31;1-17-4-7-20(8-5-17)24(29)21-10-13-27(14-11-21)15-12-22-19(3)26-23-9-6-18(2)16-28(23)25(22)30;1-17-6-8-19(9-7-17)23(28)20-10-14-26(15-11-20)16-12-21-18(2)25-22-5-3-4-13-27(22)24(21)29/h4-7,14-15,20,23,29-30H,8-13H2,1-3H3;4-9,16,21,24,29H,10-15H2,1-3H3;3-9,13,20,23,28H,10-12,14-16H2,1-2H3. The number of rotatable bonds is 15. The molecule has 3 aliphatic heterocycles. The Kier molecular flexibility index (Phi) is 21.4. The molecule has 3 fully saturated rings. The van der Waals surface area contributed by atoms with Gasteiger partial charge >= 0.3 is 0 Å². The third-order valence-electron chi connectivity index (χ3n) is 19.2. The van der Waals surface area contributed by atoms with Crippen LogP contribution in [-0.2, 0) is 19.3 Å².